The van der Waals surface area contributed by atoms with Gasteiger partial charge in [-0.1, -0.05) is 25.4 Å². The smallest absolute Gasteiger partial charge is 0.326 e. The van der Waals surface area contributed by atoms with Gasteiger partial charge in [-0.2, -0.15) is 0 Å². The van der Waals surface area contributed by atoms with E-state index in [0.29, 0.717) is 33.7 Å². The highest BCUT2D eigenvalue weighted by molar-refractivity contribution is 6.31. The van der Waals surface area contributed by atoms with E-state index >= 15 is 0 Å². The number of phenolic OH excluding ortho intramolecular Hbond substituents is 1. The van der Waals surface area contributed by atoms with Gasteiger partial charge in [-0.25, -0.2) is 9.78 Å². The van der Waals surface area contributed by atoms with Gasteiger partial charge in [0.1, 0.15) is 23.5 Å². The Morgan fingerprint density at radius 2 is 1.93 bits per heavy atom. The average molecular weight is 450 g/mol. The van der Waals surface area contributed by atoms with Crippen LogP contribution in [0, 0.1) is 5.92 Å². The molecule has 0 bridgehead atoms. The lowest BCUT2D eigenvalue weighted by Gasteiger charge is -2.20. The number of carbonyl (C=O) groups is 2. The van der Waals surface area contributed by atoms with Crippen LogP contribution in [0.25, 0.3) is 22.4 Å². The zero-order chi connectivity index (χ0) is 22.0. The van der Waals surface area contributed by atoms with E-state index in [4.69, 9.17) is 23.2 Å². The summed E-state index contributed by atoms with van der Waals surface area (Å²) >= 11 is 11.7. The molecule has 9 heteroatoms. The minimum Gasteiger partial charge on any atom is -0.507 e. The third-order valence-electron chi connectivity index (χ3n) is 4.59. The Kier molecular flexibility index (Phi) is 6.53. The fourth-order valence-corrected chi connectivity index (χ4v) is 3.57. The summed E-state index contributed by atoms with van der Waals surface area (Å²) in [6.07, 6.45) is 0.361. The molecule has 0 fully saturated rings. The first-order valence-corrected chi connectivity index (χ1v) is 10.2. The summed E-state index contributed by atoms with van der Waals surface area (Å²) < 4.78 is 1.59. The molecule has 0 spiro atoms. The molecule has 1 atom stereocenters. The standard InChI is InChI=1S/C21H21Cl2N3O4/c1-11(2)7-17(21(29)30)26-16-5-4-13(24-19(28)10-22)9-15(16)25-20(26)14-8-12(23)3-6-18(14)27/h3-6,8-9,11,17,27H,7,10H2,1-2H3,(H,24,28)(H,29,30). The summed E-state index contributed by atoms with van der Waals surface area (Å²) in [6.45, 7) is 3.87. The van der Waals surface area contributed by atoms with Crippen LogP contribution in [0.15, 0.2) is 36.4 Å². The summed E-state index contributed by atoms with van der Waals surface area (Å²) in [5, 5.41) is 23.4. The van der Waals surface area contributed by atoms with Gasteiger partial charge in [-0.3, -0.25) is 4.79 Å². The summed E-state index contributed by atoms with van der Waals surface area (Å²) in [5.41, 5.74) is 1.82. The number of hydrogen-bond donors (Lipinski definition) is 3. The van der Waals surface area contributed by atoms with Gasteiger partial charge >= 0.3 is 5.97 Å². The maximum atomic E-state index is 12.2. The average Bonchev–Trinajstić information content (AvgIpc) is 3.05. The molecule has 3 N–H and O–H groups in total. The van der Waals surface area contributed by atoms with E-state index < -0.39 is 12.0 Å². The topological polar surface area (TPSA) is 104 Å². The number of nitrogens with one attached hydrogen (secondary N) is 1. The first-order chi connectivity index (χ1) is 14.2. The number of carboxylic acids is 1. The molecule has 0 aliphatic rings. The minimum atomic E-state index is -1.01. The van der Waals surface area contributed by atoms with Crippen molar-refractivity contribution in [3.8, 4) is 17.1 Å². The quantitative estimate of drug-likeness (QED) is 0.444. The Bertz CT molecular complexity index is 1110. The molecule has 3 rings (SSSR count). The number of aliphatic carboxylic acids is 1. The number of amides is 1. The van der Waals surface area contributed by atoms with Gasteiger partial charge in [-0.15, -0.1) is 11.6 Å². The molecule has 1 heterocycles. The van der Waals surface area contributed by atoms with E-state index in [0.717, 1.165) is 0 Å². The molecule has 0 aliphatic heterocycles. The highest BCUT2D eigenvalue weighted by atomic mass is 35.5. The van der Waals surface area contributed by atoms with Gasteiger partial charge in [0.25, 0.3) is 0 Å². The largest absolute Gasteiger partial charge is 0.507 e. The molecule has 0 radical (unpaired) electrons. The first-order valence-electron chi connectivity index (χ1n) is 9.30. The van der Waals surface area contributed by atoms with E-state index in [1.54, 1.807) is 28.8 Å². The number of anilines is 1. The zero-order valence-electron chi connectivity index (χ0n) is 16.4. The number of hydrogen-bond acceptors (Lipinski definition) is 4. The van der Waals surface area contributed by atoms with Gasteiger partial charge in [-0.05, 0) is 48.7 Å². The Morgan fingerprint density at radius 3 is 2.57 bits per heavy atom. The minimum absolute atomic E-state index is 0.0692. The van der Waals surface area contributed by atoms with Gasteiger partial charge in [0.05, 0.1) is 16.6 Å². The van der Waals surface area contributed by atoms with E-state index in [-0.39, 0.29) is 29.3 Å². The summed E-state index contributed by atoms with van der Waals surface area (Å²) in [7, 11) is 0. The number of fused-ring (bicyclic) bond motifs is 1. The molecule has 1 unspecified atom stereocenters. The number of halogens is 2. The molecule has 1 aromatic heterocycles. The number of benzene rings is 2. The molecule has 158 valence electrons. The van der Waals surface area contributed by atoms with Gasteiger partial charge in [0.15, 0.2) is 0 Å². The van der Waals surface area contributed by atoms with Crippen molar-refractivity contribution in [2.75, 3.05) is 11.2 Å². The number of carboxylic acid groups (broad SMARTS) is 1. The van der Waals surface area contributed by atoms with E-state index in [1.807, 2.05) is 13.8 Å². The molecule has 7 nitrogen and oxygen atoms in total. The lowest BCUT2D eigenvalue weighted by Crippen LogP contribution is -2.21. The van der Waals surface area contributed by atoms with E-state index in [9.17, 15) is 19.8 Å². The normalized spacial score (nSPS) is 12.3. The Balaban J connectivity index is 2.27. The van der Waals surface area contributed by atoms with Crippen LogP contribution in [0.3, 0.4) is 0 Å². The third-order valence-corrected chi connectivity index (χ3v) is 5.06. The molecular formula is C21H21Cl2N3O4. The van der Waals surface area contributed by atoms with Gasteiger partial charge in [0.2, 0.25) is 5.91 Å². The maximum absolute atomic E-state index is 12.2. The van der Waals surface area contributed by atoms with Crippen LogP contribution in [-0.4, -0.2) is 37.5 Å². The van der Waals surface area contributed by atoms with E-state index in [1.165, 1.54) is 12.1 Å². The number of rotatable bonds is 7. The van der Waals surface area contributed by atoms with E-state index in [2.05, 4.69) is 10.3 Å². The number of aromatic nitrogens is 2. The number of phenols is 1. The predicted octanol–water partition coefficient (Wildman–Crippen LogP) is 4.91. The van der Waals surface area contributed by atoms with Gasteiger partial charge < -0.3 is 20.1 Å². The monoisotopic (exact) mass is 449 g/mol. The van der Waals surface area contributed by atoms with Crippen LogP contribution in [0.4, 0.5) is 5.69 Å². The van der Waals surface area contributed by atoms with Crippen molar-refractivity contribution in [1.29, 1.82) is 0 Å². The summed E-state index contributed by atoms with van der Waals surface area (Å²) in [6, 6.07) is 8.58. The highest BCUT2D eigenvalue weighted by Crippen LogP contribution is 2.37. The van der Waals surface area contributed by atoms with Crippen molar-refractivity contribution in [1.82, 2.24) is 9.55 Å². The van der Waals surface area contributed by atoms with Crippen molar-refractivity contribution in [2.24, 2.45) is 5.92 Å². The first kappa shape index (κ1) is 21.9. The van der Waals surface area contributed by atoms with Crippen molar-refractivity contribution < 1.29 is 19.8 Å². The Hall–Kier alpha value is -2.77. The SMILES string of the molecule is CC(C)CC(C(=O)O)n1c(-c2cc(Cl)ccc2O)nc2cc(NC(=O)CCl)ccc21. The molecule has 1 amide bonds. The maximum Gasteiger partial charge on any atom is 0.326 e. The van der Waals surface area contributed by atoms with Crippen molar-refractivity contribution in [3.05, 3.63) is 41.4 Å². The van der Waals surface area contributed by atoms with Crippen molar-refractivity contribution in [2.45, 2.75) is 26.3 Å². The van der Waals surface area contributed by atoms with Crippen LogP contribution in [-0.2, 0) is 9.59 Å². The second-order valence-electron chi connectivity index (χ2n) is 7.34. The molecule has 0 aliphatic carbocycles. The number of nitrogens with zero attached hydrogens (tertiary/aromatic N) is 2. The molecule has 0 saturated carbocycles. The number of aromatic hydroxyl groups is 1. The molecule has 0 saturated heterocycles. The lowest BCUT2D eigenvalue weighted by atomic mass is 10.0. The highest BCUT2D eigenvalue weighted by Gasteiger charge is 2.28. The van der Waals surface area contributed by atoms with Crippen LogP contribution < -0.4 is 5.32 Å². The van der Waals surface area contributed by atoms with Crippen LogP contribution in [0.2, 0.25) is 5.02 Å². The van der Waals surface area contributed by atoms with Gasteiger partial charge in [0, 0.05) is 10.7 Å². The molecule has 3 aromatic rings. The van der Waals surface area contributed by atoms with Crippen molar-refractivity contribution >= 4 is 51.8 Å². The van der Waals surface area contributed by atoms with Crippen LogP contribution in [0.1, 0.15) is 26.3 Å². The Morgan fingerprint density at radius 1 is 1.20 bits per heavy atom. The predicted molar refractivity (Wildman–Crippen MR) is 117 cm³/mol. The zero-order valence-corrected chi connectivity index (χ0v) is 17.9. The molecule has 30 heavy (non-hydrogen) atoms. The number of carbonyl (C=O) groups excluding carboxylic acids is 1. The lowest BCUT2D eigenvalue weighted by molar-refractivity contribution is -0.141. The molecule has 2 aromatic carbocycles. The summed E-state index contributed by atoms with van der Waals surface area (Å²) in [5.74, 6) is -1.26. The second-order valence-corrected chi connectivity index (χ2v) is 8.04. The number of imidazole rings is 1. The fourth-order valence-electron chi connectivity index (χ4n) is 3.33. The van der Waals surface area contributed by atoms with Crippen LogP contribution in [0.5, 0.6) is 5.75 Å². The van der Waals surface area contributed by atoms with Crippen LogP contribution >= 0.6 is 23.2 Å². The van der Waals surface area contributed by atoms with Crippen molar-refractivity contribution in [3.63, 3.8) is 0 Å². The molecular weight excluding hydrogens is 429 g/mol. The third kappa shape index (κ3) is 4.52. The summed E-state index contributed by atoms with van der Waals surface area (Å²) in [4.78, 5) is 28.4. The number of alkyl halides is 1. The Labute approximate surface area is 183 Å². The second kappa shape index (κ2) is 8.93. The fraction of sp³-hybridized carbons (Fsp3) is 0.286.